The molecule has 0 unspecified atom stereocenters. The molecule has 1 fully saturated rings. The van der Waals surface area contributed by atoms with Crippen LogP contribution in [0.4, 0.5) is 5.69 Å². The maximum Gasteiger partial charge on any atom is 0.221 e. The summed E-state index contributed by atoms with van der Waals surface area (Å²) in [7, 11) is 1.63. The lowest BCUT2D eigenvalue weighted by atomic mass is 10.2. The number of carbonyl (C=O) groups is 1. The highest BCUT2D eigenvalue weighted by atomic mass is 35.5. The van der Waals surface area contributed by atoms with Crippen LogP contribution in [0.2, 0.25) is 5.02 Å². The zero-order valence-corrected chi connectivity index (χ0v) is 13.8. The van der Waals surface area contributed by atoms with Crippen molar-refractivity contribution in [3.8, 4) is 0 Å². The molecular weight excluding hydrogens is 302 g/mol. The number of methoxy groups -OCH3 is 1. The van der Waals surface area contributed by atoms with E-state index in [2.05, 4.69) is 21.2 Å². The minimum Gasteiger partial charge on any atom is -0.383 e. The molecule has 5 nitrogen and oxygen atoms in total. The Kier molecular flexibility index (Phi) is 6.96. The van der Waals surface area contributed by atoms with Crippen LogP contribution in [0.25, 0.3) is 0 Å². The van der Waals surface area contributed by atoms with Gasteiger partial charge in [0.1, 0.15) is 0 Å². The van der Waals surface area contributed by atoms with E-state index in [0.717, 1.165) is 37.7 Å². The van der Waals surface area contributed by atoms with Crippen molar-refractivity contribution in [1.82, 2.24) is 10.2 Å². The number of benzene rings is 1. The number of hydrogen-bond donors (Lipinski definition) is 1. The number of ether oxygens (including phenoxy) is 1. The van der Waals surface area contributed by atoms with Crippen molar-refractivity contribution in [3.63, 3.8) is 0 Å². The topological polar surface area (TPSA) is 44.8 Å². The average Bonchev–Trinajstić information content (AvgIpc) is 2.54. The summed E-state index contributed by atoms with van der Waals surface area (Å²) in [6, 6.07) is 7.96. The summed E-state index contributed by atoms with van der Waals surface area (Å²) in [5.41, 5.74) is 1.17. The van der Waals surface area contributed by atoms with Crippen molar-refractivity contribution in [2.24, 2.45) is 0 Å². The molecule has 1 saturated heterocycles. The molecule has 0 aromatic heterocycles. The largest absolute Gasteiger partial charge is 0.383 e. The number of halogens is 1. The minimum atomic E-state index is 0.0920. The molecule has 122 valence electrons. The second-order valence-electron chi connectivity index (χ2n) is 5.40. The summed E-state index contributed by atoms with van der Waals surface area (Å²) in [5.74, 6) is 0.0920. The molecule has 1 amide bonds. The molecule has 1 aliphatic rings. The van der Waals surface area contributed by atoms with Crippen LogP contribution in [0.3, 0.4) is 0 Å². The van der Waals surface area contributed by atoms with E-state index in [-0.39, 0.29) is 5.91 Å². The first-order chi connectivity index (χ1) is 10.7. The number of anilines is 1. The van der Waals surface area contributed by atoms with Crippen molar-refractivity contribution >= 4 is 23.2 Å². The Morgan fingerprint density at radius 2 is 2.09 bits per heavy atom. The van der Waals surface area contributed by atoms with Gasteiger partial charge in [-0.15, -0.1) is 0 Å². The average molecular weight is 326 g/mol. The zero-order valence-electron chi connectivity index (χ0n) is 13.1. The number of hydrogen-bond acceptors (Lipinski definition) is 4. The van der Waals surface area contributed by atoms with E-state index in [4.69, 9.17) is 16.3 Å². The van der Waals surface area contributed by atoms with Gasteiger partial charge in [0, 0.05) is 63.5 Å². The summed E-state index contributed by atoms with van der Waals surface area (Å²) in [5, 5.41) is 3.62. The van der Waals surface area contributed by atoms with Crippen molar-refractivity contribution in [2.45, 2.75) is 6.42 Å². The van der Waals surface area contributed by atoms with E-state index in [0.29, 0.717) is 19.6 Å². The third-order valence-corrected chi connectivity index (χ3v) is 4.06. The first-order valence-electron chi connectivity index (χ1n) is 7.67. The number of rotatable bonds is 7. The van der Waals surface area contributed by atoms with Gasteiger partial charge < -0.3 is 15.0 Å². The highest BCUT2D eigenvalue weighted by molar-refractivity contribution is 6.30. The number of nitrogens with zero attached hydrogens (tertiary/aromatic N) is 2. The maximum absolute atomic E-state index is 11.7. The first-order valence-corrected chi connectivity index (χ1v) is 8.05. The third kappa shape index (κ3) is 5.48. The van der Waals surface area contributed by atoms with E-state index in [1.165, 1.54) is 5.69 Å². The van der Waals surface area contributed by atoms with Crippen LogP contribution in [0.1, 0.15) is 6.42 Å². The predicted octanol–water partition coefficient (Wildman–Crippen LogP) is 1.61. The summed E-state index contributed by atoms with van der Waals surface area (Å²) in [6.45, 7) is 5.82. The van der Waals surface area contributed by atoms with Gasteiger partial charge in [-0.05, 0) is 18.2 Å². The second-order valence-corrected chi connectivity index (χ2v) is 5.84. The molecule has 1 N–H and O–H groups in total. The van der Waals surface area contributed by atoms with Gasteiger partial charge in [0.05, 0.1) is 6.61 Å². The van der Waals surface area contributed by atoms with Crippen molar-refractivity contribution in [1.29, 1.82) is 0 Å². The molecule has 0 bridgehead atoms. The molecule has 0 aliphatic carbocycles. The van der Waals surface area contributed by atoms with E-state index in [1.54, 1.807) is 7.11 Å². The van der Waals surface area contributed by atoms with Crippen molar-refractivity contribution in [3.05, 3.63) is 29.3 Å². The highest BCUT2D eigenvalue weighted by Crippen LogP contribution is 2.20. The predicted molar refractivity (Wildman–Crippen MR) is 89.6 cm³/mol. The van der Waals surface area contributed by atoms with Crippen molar-refractivity contribution < 1.29 is 9.53 Å². The standard InChI is InChI=1S/C16H24ClN3O2/c1-22-12-6-18-16(21)5-7-19-8-10-20(11-9-19)15-4-2-3-14(17)13-15/h2-4,13H,5-12H2,1H3,(H,18,21). The van der Waals surface area contributed by atoms with E-state index in [9.17, 15) is 4.79 Å². The highest BCUT2D eigenvalue weighted by Gasteiger charge is 2.17. The van der Waals surface area contributed by atoms with Crippen LogP contribution in [-0.4, -0.2) is 63.8 Å². The number of nitrogens with one attached hydrogen (secondary N) is 1. The molecule has 0 spiro atoms. The van der Waals surface area contributed by atoms with Gasteiger partial charge in [0.15, 0.2) is 0 Å². The summed E-state index contributed by atoms with van der Waals surface area (Å²) >= 11 is 6.04. The molecule has 0 saturated carbocycles. The van der Waals surface area contributed by atoms with Crippen LogP contribution in [0.5, 0.6) is 0 Å². The Hall–Kier alpha value is -1.30. The van der Waals surface area contributed by atoms with Gasteiger partial charge in [0.25, 0.3) is 0 Å². The Morgan fingerprint density at radius 3 is 2.77 bits per heavy atom. The molecule has 0 radical (unpaired) electrons. The van der Waals surface area contributed by atoms with E-state index in [1.807, 2.05) is 18.2 Å². The monoisotopic (exact) mass is 325 g/mol. The van der Waals surface area contributed by atoms with Gasteiger partial charge in [-0.25, -0.2) is 0 Å². The zero-order chi connectivity index (χ0) is 15.8. The van der Waals surface area contributed by atoms with Crippen LogP contribution in [0, 0.1) is 0 Å². The summed E-state index contributed by atoms with van der Waals surface area (Å²) in [4.78, 5) is 16.3. The molecule has 1 heterocycles. The molecular formula is C16H24ClN3O2. The molecule has 6 heteroatoms. The van der Waals surface area contributed by atoms with Crippen LogP contribution >= 0.6 is 11.6 Å². The lowest BCUT2D eigenvalue weighted by Gasteiger charge is -2.36. The number of amides is 1. The third-order valence-electron chi connectivity index (χ3n) is 3.83. The number of carbonyl (C=O) groups excluding carboxylic acids is 1. The van der Waals surface area contributed by atoms with E-state index < -0.39 is 0 Å². The van der Waals surface area contributed by atoms with Gasteiger partial charge in [-0.1, -0.05) is 17.7 Å². The van der Waals surface area contributed by atoms with Crippen LogP contribution in [-0.2, 0) is 9.53 Å². The fraction of sp³-hybridized carbons (Fsp3) is 0.562. The smallest absolute Gasteiger partial charge is 0.221 e. The van der Waals surface area contributed by atoms with Crippen LogP contribution < -0.4 is 10.2 Å². The lowest BCUT2D eigenvalue weighted by Crippen LogP contribution is -2.47. The molecule has 2 rings (SSSR count). The molecule has 1 aromatic carbocycles. The second kappa shape index (κ2) is 8.98. The molecule has 1 aliphatic heterocycles. The fourth-order valence-electron chi connectivity index (χ4n) is 2.54. The molecule has 22 heavy (non-hydrogen) atoms. The van der Waals surface area contributed by atoms with Crippen LogP contribution in [0.15, 0.2) is 24.3 Å². The summed E-state index contributed by atoms with van der Waals surface area (Å²) < 4.78 is 4.91. The fourth-order valence-corrected chi connectivity index (χ4v) is 2.73. The van der Waals surface area contributed by atoms with Gasteiger partial charge in [-0.3, -0.25) is 9.69 Å². The minimum absolute atomic E-state index is 0.0920. The Balaban J connectivity index is 1.68. The van der Waals surface area contributed by atoms with Gasteiger partial charge in [-0.2, -0.15) is 0 Å². The Morgan fingerprint density at radius 1 is 1.32 bits per heavy atom. The van der Waals surface area contributed by atoms with E-state index >= 15 is 0 Å². The van der Waals surface area contributed by atoms with Crippen molar-refractivity contribution in [2.75, 3.05) is 57.9 Å². The Labute approximate surface area is 137 Å². The molecule has 1 aromatic rings. The van der Waals surface area contributed by atoms with Gasteiger partial charge in [0.2, 0.25) is 5.91 Å². The maximum atomic E-state index is 11.7. The quantitative estimate of drug-likeness (QED) is 0.774. The normalized spacial score (nSPS) is 15.8. The summed E-state index contributed by atoms with van der Waals surface area (Å²) in [6.07, 6.45) is 0.543. The SMILES string of the molecule is COCCNC(=O)CCN1CCN(c2cccc(Cl)c2)CC1. The molecule has 0 atom stereocenters. The number of piperazine rings is 1. The lowest BCUT2D eigenvalue weighted by molar-refractivity contribution is -0.121. The first kappa shape index (κ1) is 17.1. The van der Waals surface area contributed by atoms with Gasteiger partial charge >= 0.3 is 0 Å². The Bertz CT molecular complexity index is 476.